The second-order valence-electron chi connectivity index (χ2n) is 6.50. The minimum atomic E-state index is 0.312. The van der Waals surface area contributed by atoms with Crippen LogP contribution in [0.1, 0.15) is 32.6 Å². The van der Waals surface area contributed by atoms with Gasteiger partial charge in [0.1, 0.15) is 5.78 Å². The molecular formula is C19H22N4O. The highest BCUT2D eigenvalue weighted by Gasteiger charge is 2.28. The number of hydrogen-bond donors (Lipinski definition) is 1. The van der Waals surface area contributed by atoms with Gasteiger partial charge in [0.15, 0.2) is 0 Å². The van der Waals surface area contributed by atoms with Gasteiger partial charge in [0.2, 0.25) is 0 Å². The van der Waals surface area contributed by atoms with Gasteiger partial charge in [-0.3, -0.25) is 4.79 Å². The van der Waals surface area contributed by atoms with E-state index < -0.39 is 0 Å². The van der Waals surface area contributed by atoms with Crippen molar-refractivity contribution in [3.63, 3.8) is 0 Å². The van der Waals surface area contributed by atoms with Gasteiger partial charge in [0, 0.05) is 60.6 Å². The van der Waals surface area contributed by atoms with Crippen LogP contribution in [0.3, 0.4) is 0 Å². The van der Waals surface area contributed by atoms with Crippen molar-refractivity contribution >= 4 is 22.4 Å². The average Bonchev–Trinajstić information content (AvgIpc) is 3.24. The minimum Gasteiger partial charge on any atom is -0.366 e. The summed E-state index contributed by atoms with van der Waals surface area (Å²) in [6.07, 6.45) is 11.1. The van der Waals surface area contributed by atoms with Crippen LogP contribution in [0.5, 0.6) is 0 Å². The molecule has 1 saturated heterocycles. The molecule has 1 aliphatic rings. The summed E-state index contributed by atoms with van der Waals surface area (Å²) in [4.78, 5) is 21.8. The number of imidazole rings is 1. The first-order valence-electron chi connectivity index (χ1n) is 8.64. The Labute approximate surface area is 141 Å². The topological polar surface area (TPSA) is 53.9 Å². The molecular weight excluding hydrogens is 300 g/mol. The molecule has 5 nitrogen and oxygen atoms in total. The van der Waals surface area contributed by atoms with Crippen LogP contribution in [-0.4, -0.2) is 32.9 Å². The zero-order chi connectivity index (χ0) is 16.5. The zero-order valence-electron chi connectivity index (χ0n) is 13.9. The number of ketones is 1. The standard InChI is InChI=1S/C19H22N4O/c1-2-3-15-10-16(24)6-8-23(15)19-12-21-18-5-4-14(11-17(18)19)22-9-7-20-13-22/h4-5,7,9,11-13,15,21H,2-3,6,8,10H2,1H3. The minimum absolute atomic E-state index is 0.312. The highest BCUT2D eigenvalue weighted by Crippen LogP contribution is 2.33. The van der Waals surface area contributed by atoms with Gasteiger partial charge in [-0.05, 0) is 24.6 Å². The number of fused-ring (bicyclic) bond motifs is 1. The second kappa shape index (κ2) is 6.15. The van der Waals surface area contributed by atoms with Crippen LogP contribution in [0.15, 0.2) is 43.1 Å². The fourth-order valence-electron chi connectivity index (χ4n) is 3.72. The predicted octanol–water partition coefficient (Wildman–Crippen LogP) is 3.69. The van der Waals surface area contributed by atoms with E-state index in [0.717, 1.165) is 30.6 Å². The number of benzene rings is 1. The van der Waals surface area contributed by atoms with E-state index in [1.807, 2.05) is 17.1 Å². The average molecular weight is 322 g/mol. The Morgan fingerprint density at radius 1 is 1.38 bits per heavy atom. The molecule has 3 aromatic rings. The van der Waals surface area contributed by atoms with Crippen LogP contribution in [0.4, 0.5) is 5.69 Å². The summed E-state index contributed by atoms with van der Waals surface area (Å²) in [5, 5.41) is 1.21. The molecule has 24 heavy (non-hydrogen) atoms. The van der Waals surface area contributed by atoms with E-state index in [1.165, 1.54) is 11.1 Å². The fourth-order valence-corrected chi connectivity index (χ4v) is 3.72. The Morgan fingerprint density at radius 2 is 2.29 bits per heavy atom. The van der Waals surface area contributed by atoms with Crippen molar-refractivity contribution in [3.05, 3.63) is 43.1 Å². The quantitative estimate of drug-likeness (QED) is 0.797. The van der Waals surface area contributed by atoms with Crippen molar-refractivity contribution in [3.8, 4) is 5.69 Å². The summed E-state index contributed by atoms with van der Waals surface area (Å²) in [5.41, 5.74) is 3.43. The predicted molar refractivity (Wildman–Crippen MR) is 95.7 cm³/mol. The monoisotopic (exact) mass is 322 g/mol. The number of rotatable bonds is 4. The molecule has 0 bridgehead atoms. The molecule has 1 aromatic carbocycles. The maximum atomic E-state index is 11.9. The van der Waals surface area contributed by atoms with E-state index in [0.29, 0.717) is 24.7 Å². The molecule has 124 valence electrons. The van der Waals surface area contributed by atoms with Crippen LogP contribution in [0, 0.1) is 0 Å². The molecule has 3 heterocycles. The zero-order valence-corrected chi connectivity index (χ0v) is 13.9. The molecule has 1 atom stereocenters. The number of nitrogens with zero attached hydrogens (tertiary/aromatic N) is 3. The van der Waals surface area contributed by atoms with Crippen molar-refractivity contribution in [2.24, 2.45) is 0 Å². The van der Waals surface area contributed by atoms with Crippen molar-refractivity contribution in [1.29, 1.82) is 0 Å². The lowest BCUT2D eigenvalue weighted by atomic mass is 9.96. The number of aromatic amines is 1. The molecule has 1 aliphatic heterocycles. The molecule has 0 aliphatic carbocycles. The van der Waals surface area contributed by atoms with Crippen LogP contribution < -0.4 is 4.90 Å². The van der Waals surface area contributed by atoms with Gasteiger partial charge in [0.05, 0.1) is 12.0 Å². The molecule has 1 fully saturated rings. The molecule has 0 amide bonds. The van der Waals surface area contributed by atoms with E-state index in [2.05, 4.69) is 46.2 Å². The number of carbonyl (C=O) groups is 1. The molecule has 4 rings (SSSR count). The van der Waals surface area contributed by atoms with Gasteiger partial charge in [-0.25, -0.2) is 4.98 Å². The van der Waals surface area contributed by atoms with Gasteiger partial charge in [-0.2, -0.15) is 0 Å². The van der Waals surface area contributed by atoms with Crippen LogP contribution in [-0.2, 0) is 4.79 Å². The SMILES string of the molecule is CCCC1CC(=O)CCN1c1c[nH]c2ccc(-n3ccnc3)cc12. The van der Waals surface area contributed by atoms with E-state index in [4.69, 9.17) is 0 Å². The third kappa shape index (κ3) is 2.60. The van der Waals surface area contributed by atoms with Crippen LogP contribution >= 0.6 is 0 Å². The lowest BCUT2D eigenvalue weighted by Crippen LogP contribution is -2.42. The van der Waals surface area contributed by atoms with Crippen molar-refractivity contribution < 1.29 is 4.79 Å². The molecule has 0 radical (unpaired) electrons. The fraction of sp³-hybridized carbons (Fsp3) is 0.368. The Kier molecular flexibility index (Phi) is 3.84. The molecule has 1 unspecified atom stereocenters. The normalized spacial score (nSPS) is 18.5. The van der Waals surface area contributed by atoms with Crippen LogP contribution in [0.25, 0.3) is 16.6 Å². The van der Waals surface area contributed by atoms with Gasteiger partial charge in [-0.15, -0.1) is 0 Å². The Morgan fingerprint density at radius 3 is 3.08 bits per heavy atom. The second-order valence-corrected chi connectivity index (χ2v) is 6.50. The highest BCUT2D eigenvalue weighted by atomic mass is 16.1. The smallest absolute Gasteiger partial charge is 0.136 e. The van der Waals surface area contributed by atoms with Gasteiger partial charge < -0.3 is 14.5 Å². The third-order valence-electron chi connectivity index (χ3n) is 4.91. The van der Waals surface area contributed by atoms with E-state index in [9.17, 15) is 4.79 Å². The summed E-state index contributed by atoms with van der Waals surface area (Å²) in [5.74, 6) is 0.392. The van der Waals surface area contributed by atoms with Crippen molar-refractivity contribution in [2.45, 2.75) is 38.6 Å². The molecule has 1 N–H and O–H groups in total. The van der Waals surface area contributed by atoms with Crippen molar-refractivity contribution in [2.75, 3.05) is 11.4 Å². The maximum absolute atomic E-state index is 11.9. The molecule has 0 saturated carbocycles. The van der Waals surface area contributed by atoms with Gasteiger partial charge in [-0.1, -0.05) is 13.3 Å². The summed E-state index contributed by atoms with van der Waals surface area (Å²) in [7, 11) is 0. The summed E-state index contributed by atoms with van der Waals surface area (Å²) in [6.45, 7) is 3.00. The van der Waals surface area contributed by atoms with E-state index >= 15 is 0 Å². The van der Waals surface area contributed by atoms with Gasteiger partial charge >= 0.3 is 0 Å². The Hall–Kier alpha value is -2.56. The number of carbonyl (C=O) groups excluding carboxylic acids is 1. The lowest BCUT2D eigenvalue weighted by molar-refractivity contribution is -0.120. The Bertz CT molecular complexity index is 850. The van der Waals surface area contributed by atoms with Gasteiger partial charge in [0.25, 0.3) is 0 Å². The first kappa shape index (κ1) is 15.0. The molecule has 2 aromatic heterocycles. The number of nitrogens with one attached hydrogen (secondary N) is 1. The molecule has 0 spiro atoms. The van der Waals surface area contributed by atoms with Crippen molar-refractivity contribution in [1.82, 2.24) is 14.5 Å². The lowest BCUT2D eigenvalue weighted by Gasteiger charge is -2.36. The molecule has 5 heteroatoms. The summed E-state index contributed by atoms with van der Waals surface area (Å²) < 4.78 is 2.01. The van der Waals surface area contributed by atoms with Crippen LogP contribution in [0.2, 0.25) is 0 Å². The highest BCUT2D eigenvalue weighted by molar-refractivity contribution is 5.95. The summed E-state index contributed by atoms with van der Waals surface area (Å²) >= 11 is 0. The number of Topliss-reactive ketones (excluding diaryl/α,β-unsaturated/α-hetero) is 1. The first-order chi connectivity index (χ1) is 11.8. The number of H-pyrrole nitrogens is 1. The first-order valence-corrected chi connectivity index (χ1v) is 8.64. The number of aromatic nitrogens is 3. The third-order valence-corrected chi connectivity index (χ3v) is 4.91. The maximum Gasteiger partial charge on any atom is 0.136 e. The van der Waals surface area contributed by atoms with E-state index in [-0.39, 0.29) is 0 Å². The number of hydrogen-bond acceptors (Lipinski definition) is 3. The number of piperidine rings is 1. The summed E-state index contributed by atoms with van der Waals surface area (Å²) in [6, 6.07) is 6.71. The largest absolute Gasteiger partial charge is 0.366 e. The Balaban J connectivity index is 1.75. The van der Waals surface area contributed by atoms with E-state index in [1.54, 1.807) is 6.20 Å². The number of anilines is 1.